The highest BCUT2D eigenvalue weighted by atomic mass is 32.1. The maximum atomic E-state index is 11.1. The first-order chi connectivity index (χ1) is 8.18. The normalized spacial score (nSPS) is 10.2. The van der Waals surface area contributed by atoms with E-state index in [0.29, 0.717) is 17.9 Å². The summed E-state index contributed by atoms with van der Waals surface area (Å²) in [7, 11) is 0. The summed E-state index contributed by atoms with van der Waals surface area (Å²) < 4.78 is 0. The van der Waals surface area contributed by atoms with Gasteiger partial charge >= 0.3 is 5.97 Å². The van der Waals surface area contributed by atoms with Crippen molar-refractivity contribution < 1.29 is 9.90 Å². The predicted molar refractivity (Wildman–Crippen MR) is 67.6 cm³/mol. The molecule has 0 aliphatic rings. The van der Waals surface area contributed by atoms with Crippen molar-refractivity contribution in [3.05, 3.63) is 45.8 Å². The summed E-state index contributed by atoms with van der Waals surface area (Å²) in [6, 6.07) is 5.65. The van der Waals surface area contributed by atoms with E-state index >= 15 is 0 Å². The van der Waals surface area contributed by atoms with E-state index in [9.17, 15) is 4.79 Å². The Labute approximate surface area is 103 Å². The van der Waals surface area contributed by atoms with E-state index in [-0.39, 0.29) is 5.56 Å². The second-order valence-corrected chi connectivity index (χ2v) is 4.62. The van der Waals surface area contributed by atoms with Crippen molar-refractivity contribution in [2.24, 2.45) is 0 Å². The highest BCUT2D eigenvalue weighted by Gasteiger charge is 2.13. The van der Waals surface area contributed by atoms with E-state index in [1.54, 1.807) is 30.5 Å². The fraction of sp³-hybridized carbons (Fsp3) is 0.167. The van der Waals surface area contributed by atoms with Crippen LogP contribution in [0.5, 0.6) is 0 Å². The molecule has 0 amide bonds. The number of anilines is 1. The number of rotatable bonds is 4. The van der Waals surface area contributed by atoms with Crippen molar-refractivity contribution in [2.45, 2.75) is 13.5 Å². The second kappa shape index (κ2) is 4.97. The third-order valence-corrected chi connectivity index (χ3v) is 3.26. The molecule has 2 rings (SSSR count). The van der Waals surface area contributed by atoms with Crippen LogP contribution in [0.15, 0.2) is 29.8 Å². The topological polar surface area (TPSA) is 62.2 Å². The van der Waals surface area contributed by atoms with Gasteiger partial charge in [0.25, 0.3) is 0 Å². The van der Waals surface area contributed by atoms with Crippen LogP contribution in [0.2, 0.25) is 0 Å². The van der Waals surface area contributed by atoms with Crippen molar-refractivity contribution in [1.82, 2.24) is 4.98 Å². The monoisotopic (exact) mass is 248 g/mol. The van der Waals surface area contributed by atoms with Crippen LogP contribution in [0.1, 0.15) is 20.8 Å². The van der Waals surface area contributed by atoms with Gasteiger partial charge in [0.15, 0.2) is 0 Å². The third kappa shape index (κ3) is 2.62. The summed E-state index contributed by atoms with van der Waals surface area (Å²) in [4.78, 5) is 16.3. The smallest absolute Gasteiger partial charge is 0.339 e. The van der Waals surface area contributed by atoms with Crippen LogP contribution in [0, 0.1) is 6.92 Å². The van der Waals surface area contributed by atoms with Crippen molar-refractivity contribution in [3.63, 3.8) is 0 Å². The first kappa shape index (κ1) is 11.6. The minimum atomic E-state index is -0.954. The zero-order valence-electron chi connectivity index (χ0n) is 9.30. The molecule has 0 bridgehead atoms. The van der Waals surface area contributed by atoms with Crippen LogP contribution in [-0.4, -0.2) is 16.1 Å². The SMILES string of the molecule is Cc1ccnc(NCc2cccs2)c1C(=O)O. The van der Waals surface area contributed by atoms with E-state index in [1.807, 2.05) is 17.5 Å². The Morgan fingerprint density at radius 2 is 2.35 bits per heavy atom. The average Bonchev–Trinajstić information content (AvgIpc) is 2.78. The number of aromatic carboxylic acids is 1. The van der Waals surface area contributed by atoms with Gasteiger partial charge in [-0.15, -0.1) is 11.3 Å². The maximum Gasteiger partial charge on any atom is 0.339 e. The average molecular weight is 248 g/mol. The summed E-state index contributed by atoms with van der Waals surface area (Å²) in [5.41, 5.74) is 0.949. The molecule has 0 aromatic carbocycles. The van der Waals surface area contributed by atoms with Gasteiger partial charge < -0.3 is 10.4 Å². The number of aryl methyl sites for hydroxylation is 1. The lowest BCUT2D eigenvalue weighted by molar-refractivity contribution is 0.0697. The van der Waals surface area contributed by atoms with Crippen molar-refractivity contribution in [2.75, 3.05) is 5.32 Å². The van der Waals surface area contributed by atoms with Crippen LogP contribution < -0.4 is 5.32 Å². The van der Waals surface area contributed by atoms with Crippen LogP contribution in [0.25, 0.3) is 0 Å². The van der Waals surface area contributed by atoms with E-state index in [1.165, 1.54) is 0 Å². The molecule has 0 unspecified atom stereocenters. The van der Waals surface area contributed by atoms with Gasteiger partial charge in [-0.25, -0.2) is 9.78 Å². The van der Waals surface area contributed by atoms with E-state index in [0.717, 1.165) is 4.88 Å². The molecule has 2 aromatic rings. The Hall–Kier alpha value is -1.88. The number of hydrogen-bond acceptors (Lipinski definition) is 4. The number of aromatic nitrogens is 1. The number of carboxylic acids is 1. The summed E-state index contributed by atoms with van der Waals surface area (Å²) >= 11 is 1.62. The Balaban J connectivity index is 2.21. The molecule has 0 aliphatic carbocycles. The molecule has 2 N–H and O–H groups in total. The Morgan fingerprint density at radius 1 is 1.53 bits per heavy atom. The van der Waals surface area contributed by atoms with Gasteiger partial charge in [-0.3, -0.25) is 0 Å². The highest BCUT2D eigenvalue weighted by molar-refractivity contribution is 7.09. The molecule has 5 heteroatoms. The molecular weight excluding hydrogens is 236 g/mol. The third-order valence-electron chi connectivity index (χ3n) is 2.38. The quantitative estimate of drug-likeness (QED) is 0.873. The lowest BCUT2D eigenvalue weighted by Gasteiger charge is -2.09. The Morgan fingerprint density at radius 3 is 3.00 bits per heavy atom. The van der Waals surface area contributed by atoms with E-state index < -0.39 is 5.97 Å². The fourth-order valence-electron chi connectivity index (χ4n) is 1.55. The highest BCUT2D eigenvalue weighted by Crippen LogP contribution is 2.18. The first-order valence-electron chi connectivity index (χ1n) is 5.13. The summed E-state index contributed by atoms with van der Waals surface area (Å²) in [5.74, 6) is -0.532. The van der Waals surface area contributed by atoms with Gasteiger partial charge in [0.05, 0.1) is 6.54 Å². The molecule has 4 nitrogen and oxygen atoms in total. The molecule has 2 aromatic heterocycles. The molecule has 88 valence electrons. The van der Waals surface area contributed by atoms with Crippen LogP contribution >= 0.6 is 11.3 Å². The molecule has 0 fully saturated rings. The number of thiophene rings is 1. The summed E-state index contributed by atoms with van der Waals surface area (Å²) in [6.45, 7) is 2.36. The molecule has 17 heavy (non-hydrogen) atoms. The molecule has 0 saturated heterocycles. The number of pyridine rings is 1. The predicted octanol–water partition coefficient (Wildman–Crippen LogP) is 2.76. The van der Waals surface area contributed by atoms with Crippen LogP contribution in [0.4, 0.5) is 5.82 Å². The molecule has 0 saturated carbocycles. The van der Waals surface area contributed by atoms with E-state index in [2.05, 4.69) is 10.3 Å². The molecule has 2 heterocycles. The van der Waals surface area contributed by atoms with Gasteiger partial charge in [-0.2, -0.15) is 0 Å². The van der Waals surface area contributed by atoms with Crippen molar-refractivity contribution >= 4 is 23.1 Å². The zero-order valence-corrected chi connectivity index (χ0v) is 10.1. The lowest BCUT2D eigenvalue weighted by Crippen LogP contribution is -2.09. The maximum absolute atomic E-state index is 11.1. The summed E-state index contributed by atoms with van der Waals surface area (Å²) in [6.07, 6.45) is 1.61. The largest absolute Gasteiger partial charge is 0.478 e. The van der Waals surface area contributed by atoms with Crippen molar-refractivity contribution in [1.29, 1.82) is 0 Å². The lowest BCUT2D eigenvalue weighted by atomic mass is 10.1. The minimum Gasteiger partial charge on any atom is -0.478 e. The molecule has 0 aliphatic heterocycles. The number of nitrogens with one attached hydrogen (secondary N) is 1. The van der Waals surface area contributed by atoms with Crippen molar-refractivity contribution in [3.8, 4) is 0 Å². The van der Waals surface area contributed by atoms with Gasteiger partial charge in [-0.05, 0) is 30.0 Å². The number of carboxylic acid groups (broad SMARTS) is 1. The van der Waals surface area contributed by atoms with Gasteiger partial charge in [0, 0.05) is 11.1 Å². The van der Waals surface area contributed by atoms with Crippen LogP contribution in [0.3, 0.4) is 0 Å². The van der Waals surface area contributed by atoms with E-state index in [4.69, 9.17) is 5.11 Å². The summed E-state index contributed by atoms with van der Waals surface area (Å²) in [5, 5.41) is 14.2. The molecule has 0 radical (unpaired) electrons. The molecule has 0 atom stereocenters. The standard InChI is InChI=1S/C12H12N2O2S/c1-8-4-5-13-11(10(8)12(15)16)14-7-9-3-2-6-17-9/h2-6H,7H2,1H3,(H,13,14)(H,15,16). The number of nitrogens with zero attached hydrogens (tertiary/aromatic N) is 1. The second-order valence-electron chi connectivity index (χ2n) is 3.59. The number of hydrogen-bond donors (Lipinski definition) is 2. The Bertz CT molecular complexity index is 523. The number of carbonyl (C=O) groups is 1. The minimum absolute atomic E-state index is 0.240. The molecular formula is C12H12N2O2S. The van der Waals surface area contributed by atoms with Crippen LogP contribution in [-0.2, 0) is 6.54 Å². The van der Waals surface area contributed by atoms with Gasteiger partial charge in [0.2, 0.25) is 0 Å². The molecule has 0 spiro atoms. The Kier molecular flexibility index (Phi) is 3.39. The zero-order chi connectivity index (χ0) is 12.3. The first-order valence-corrected chi connectivity index (χ1v) is 6.01. The van der Waals surface area contributed by atoms with Gasteiger partial charge in [0.1, 0.15) is 11.4 Å². The fourth-order valence-corrected chi connectivity index (χ4v) is 2.19. The van der Waals surface area contributed by atoms with Gasteiger partial charge in [-0.1, -0.05) is 6.07 Å².